The SMILES string of the molecule is CC(C)(C)OC(=O)OC(=O)[C@H](Cc1ccccc1)NC(=O)[C@@H](N)[C@@H]1OC(C)(C)O[C@H]1CO. The third-order valence-corrected chi connectivity index (χ3v) is 4.52. The molecule has 178 valence electrons. The summed E-state index contributed by atoms with van der Waals surface area (Å²) in [6.07, 6.45) is -2.87. The van der Waals surface area contributed by atoms with E-state index in [2.05, 4.69) is 5.32 Å². The molecule has 1 saturated heterocycles. The summed E-state index contributed by atoms with van der Waals surface area (Å²) in [5.41, 5.74) is 5.93. The van der Waals surface area contributed by atoms with E-state index >= 15 is 0 Å². The van der Waals surface area contributed by atoms with Gasteiger partial charge in [0.2, 0.25) is 5.91 Å². The molecule has 1 heterocycles. The van der Waals surface area contributed by atoms with Crippen LogP contribution in [0.1, 0.15) is 40.2 Å². The highest BCUT2D eigenvalue weighted by atomic mass is 16.8. The number of nitrogens with one attached hydrogen (secondary N) is 1. The zero-order chi connectivity index (χ0) is 24.1. The largest absolute Gasteiger partial charge is 0.516 e. The van der Waals surface area contributed by atoms with Crippen molar-refractivity contribution >= 4 is 18.0 Å². The van der Waals surface area contributed by atoms with E-state index in [0.29, 0.717) is 0 Å². The molecule has 4 atom stereocenters. The van der Waals surface area contributed by atoms with Crippen LogP contribution in [0, 0.1) is 0 Å². The first-order valence-electron chi connectivity index (χ1n) is 10.3. The first-order chi connectivity index (χ1) is 14.8. The van der Waals surface area contributed by atoms with E-state index in [0.717, 1.165) is 5.56 Å². The monoisotopic (exact) mass is 452 g/mol. The topological polar surface area (TPSA) is 146 Å². The van der Waals surface area contributed by atoms with Gasteiger partial charge in [0.05, 0.1) is 6.61 Å². The minimum Gasteiger partial charge on any atom is -0.428 e. The number of ether oxygens (including phenoxy) is 4. The highest BCUT2D eigenvalue weighted by Crippen LogP contribution is 2.29. The Morgan fingerprint density at radius 3 is 2.38 bits per heavy atom. The normalized spacial score (nSPS) is 22.0. The summed E-state index contributed by atoms with van der Waals surface area (Å²) in [6, 6.07) is 6.41. The maximum atomic E-state index is 12.8. The second-order valence-corrected chi connectivity index (χ2v) is 8.98. The number of carbonyl (C=O) groups excluding carboxylic acids is 3. The minimum absolute atomic E-state index is 0.0534. The van der Waals surface area contributed by atoms with Crippen molar-refractivity contribution in [2.45, 2.75) is 76.7 Å². The van der Waals surface area contributed by atoms with Crippen molar-refractivity contribution in [3.63, 3.8) is 0 Å². The maximum Gasteiger partial charge on any atom is 0.516 e. The van der Waals surface area contributed by atoms with Crippen molar-refractivity contribution in [3.05, 3.63) is 35.9 Å². The average Bonchev–Trinajstić information content (AvgIpc) is 3.00. The zero-order valence-electron chi connectivity index (χ0n) is 19.0. The summed E-state index contributed by atoms with van der Waals surface area (Å²) in [5.74, 6) is -2.75. The van der Waals surface area contributed by atoms with Gasteiger partial charge in [0.1, 0.15) is 29.9 Å². The Bertz CT molecular complexity index is 806. The first-order valence-corrected chi connectivity index (χ1v) is 10.3. The Balaban J connectivity index is 2.13. The van der Waals surface area contributed by atoms with E-state index in [9.17, 15) is 19.5 Å². The molecule has 10 nitrogen and oxygen atoms in total. The predicted molar refractivity (Wildman–Crippen MR) is 113 cm³/mol. The highest BCUT2D eigenvalue weighted by molar-refractivity contribution is 5.91. The van der Waals surface area contributed by atoms with Gasteiger partial charge in [-0.15, -0.1) is 0 Å². The molecule has 0 saturated carbocycles. The Hall–Kier alpha value is -2.53. The highest BCUT2D eigenvalue weighted by Gasteiger charge is 2.46. The molecule has 1 aromatic rings. The van der Waals surface area contributed by atoms with Crippen LogP contribution in [0.2, 0.25) is 0 Å². The Labute approximate surface area is 187 Å². The van der Waals surface area contributed by atoms with Crippen LogP contribution in [0.15, 0.2) is 30.3 Å². The number of hydrogen-bond donors (Lipinski definition) is 3. The molecule has 0 spiro atoms. The number of esters is 1. The summed E-state index contributed by atoms with van der Waals surface area (Å²) >= 11 is 0. The smallest absolute Gasteiger partial charge is 0.428 e. The number of aliphatic hydroxyl groups is 1. The average molecular weight is 453 g/mol. The Morgan fingerprint density at radius 1 is 1.19 bits per heavy atom. The number of amides is 1. The standard InChI is InChI=1S/C22H32N2O8/c1-21(2,3)32-20(28)29-19(27)14(11-13-9-7-6-8-10-13)24-18(26)16(23)17-15(12-25)30-22(4,5)31-17/h6-10,14-17,25H,11-12,23H2,1-5H3,(H,24,26)/t14-,15-,16-,17+/m0/s1. The molecule has 1 amide bonds. The van der Waals surface area contributed by atoms with Crippen molar-refractivity contribution < 1.29 is 38.4 Å². The third kappa shape index (κ3) is 7.56. The second-order valence-electron chi connectivity index (χ2n) is 8.98. The minimum atomic E-state index is -1.25. The first kappa shape index (κ1) is 25.7. The summed E-state index contributed by atoms with van der Waals surface area (Å²) in [4.78, 5) is 37.5. The molecule has 10 heteroatoms. The maximum absolute atomic E-state index is 12.8. The van der Waals surface area contributed by atoms with Gasteiger partial charge in [0, 0.05) is 6.42 Å². The quantitative estimate of drug-likeness (QED) is 0.408. The number of hydrogen-bond acceptors (Lipinski definition) is 9. The van der Waals surface area contributed by atoms with Gasteiger partial charge < -0.3 is 35.1 Å². The number of aliphatic hydroxyl groups excluding tert-OH is 1. The molecule has 0 aromatic heterocycles. The van der Waals surface area contributed by atoms with Crippen molar-refractivity contribution in [1.82, 2.24) is 5.32 Å². The third-order valence-electron chi connectivity index (χ3n) is 4.52. The lowest BCUT2D eigenvalue weighted by Gasteiger charge is -2.25. The number of benzene rings is 1. The summed E-state index contributed by atoms with van der Waals surface area (Å²) in [5, 5.41) is 12.1. The number of carbonyl (C=O) groups is 3. The molecular formula is C22H32N2O8. The summed E-state index contributed by atoms with van der Waals surface area (Å²) in [7, 11) is 0. The molecule has 0 aliphatic carbocycles. The van der Waals surface area contributed by atoms with Crippen LogP contribution in [-0.2, 0) is 35.0 Å². The van der Waals surface area contributed by atoms with E-state index in [1.807, 2.05) is 0 Å². The van der Waals surface area contributed by atoms with E-state index in [1.165, 1.54) is 0 Å². The van der Waals surface area contributed by atoms with Crippen molar-refractivity contribution in [2.24, 2.45) is 5.73 Å². The van der Waals surface area contributed by atoms with Crippen molar-refractivity contribution in [3.8, 4) is 0 Å². The van der Waals surface area contributed by atoms with Crippen LogP contribution in [-0.4, -0.2) is 65.4 Å². The summed E-state index contributed by atoms with van der Waals surface area (Å²) < 4.78 is 21.0. The lowest BCUT2D eigenvalue weighted by molar-refractivity contribution is -0.153. The van der Waals surface area contributed by atoms with Gasteiger partial charge in [-0.05, 0) is 40.2 Å². The molecule has 1 aromatic carbocycles. The van der Waals surface area contributed by atoms with E-state index < -0.39 is 60.3 Å². The van der Waals surface area contributed by atoms with Crippen molar-refractivity contribution in [2.75, 3.05) is 6.61 Å². The van der Waals surface area contributed by atoms with Gasteiger partial charge in [0.25, 0.3) is 0 Å². The lowest BCUT2D eigenvalue weighted by Crippen LogP contribution is -2.56. The summed E-state index contributed by atoms with van der Waals surface area (Å²) in [6.45, 7) is 7.76. The fourth-order valence-electron chi connectivity index (χ4n) is 3.19. The molecule has 1 aliphatic rings. The molecule has 0 radical (unpaired) electrons. The fourth-order valence-corrected chi connectivity index (χ4v) is 3.19. The van der Waals surface area contributed by atoms with E-state index in [4.69, 9.17) is 24.7 Å². The van der Waals surface area contributed by atoms with Crippen LogP contribution in [0.25, 0.3) is 0 Å². The van der Waals surface area contributed by atoms with Crippen LogP contribution >= 0.6 is 0 Å². The van der Waals surface area contributed by atoms with Gasteiger partial charge in [-0.2, -0.15) is 0 Å². The van der Waals surface area contributed by atoms with Crippen molar-refractivity contribution in [1.29, 1.82) is 0 Å². The van der Waals surface area contributed by atoms with Gasteiger partial charge in [-0.25, -0.2) is 9.59 Å². The molecule has 1 aliphatic heterocycles. The van der Waals surface area contributed by atoms with Gasteiger partial charge >= 0.3 is 12.1 Å². The molecule has 2 rings (SSSR count). The van der Waals surface area contributed by atoms with Crippen LogP contribution in [0.3, 0.4) is 0 Å². The molecular weight excluding hydrogens is 420 g/mol. The number of rotatable bonds is 7. The molecule has 1 fully saturated rings. The van der Waals surface area contributed by atoms with Gasteiger partial charge in [-0.3, -0.25) is 4.79 Å². The van der Waals surface area contributed by atoms with Crippen LogP contribution in [0.5, 0.6) is 0 Å². The Morgan fingerprint density at radius 2 is 1.81 bits per heavy atom. The van der Waals surface area contributed by atoms with Crippen LogP contribution < -0.4 is 11.1 Å². The Kier molecular flexibility index (Phi) is 8.35. The van der Waals surface area contributed by atoms with E-state index in [-0.39, 0.29) is 6.42 Å². The predicted octanol–water partition coefficient (Wildman–Crippen LogP) is 1.03. The van der Waals surface area contributed by atoms with E-state index in [1.54, 1.807) is 65.0 Å². The lowest BCUT2D eigenvalue weighted by atomic mass is 10.0. The van der Waals surface area contributed by atoms with Gasteiger partial charge in [-0.1, -0.05) is 30.3 Å². The molecule has 32 heavy (non-hydrogen) atoms. The molecule has 0 bridgehead atoms. The second kappa shape index (κ2) is 10.4. The van der Waals surface area contributed by atoms with Gasteiger partial charge in [0.15, 0.2) is 5.79 Å². The fraction of sp³-hybridized carbons (Fsp3) is 0.591. The molecule has 0 unspecified atom stereocenters. The number of nitrogens with two attached hydrogens (primary N) is 1. The van der Waals surface area contributed by atoms with Crippen LogP contribution in [0.4, 0.5) is 4.79 Å². The molecule has 4 N–H and O–H groups in total. The zero-order valence-corrected chi connectivity index (χ0v) is 19.0.